The van der Waals surface area contributed by atoms with Crippen LogP contribution in [0.25, 0.3) is 0 Å². The molecule has 0 bridgehead atoms. The maximum atomic E-state index is 8.54. The van der Waals surface area contributed by atoms with Gasteiger partial charge in [0.2, 0.25) is 0 Å². The van der Waals surface area contributed by atoms with Gasteiger partial charge >= 0.3 is 0 Å². The van der Waals surface area contributed by atoms with Gasteiger partial charge in [-0.3, -0.25) is 5.32 Å². The second-order valence-electron chi connectivity index (χ2n) is 3.15. The smallest absolute Gasteiger partial charge is 0.182 e. The van der Waals surface area contributed by atoms with E-state index in [1.54, 1.807) is 19.1 Å². The van der Waals surface area contributed by atoms with Gasteiger partial charge in [0.05, 0.1) is 9.34 Å². The van der Waals surface area contributed by atoms with Crippen molar-refractivity contribution in [3.05, 3.63) is 28.4 Å². The van der Waals surface area contributed by atoms with Gasteiger partial charge in [0.1, 0.15) is 17.5 Å². The molecular formula is C10H8ClN5S. The molecule has 0 aliphatic rings. The summed E-state index contributed by atoms with van der Waals surface area (Å²) >= 11 is 7.25. The van der Waals surface area contributed by atoms with E-state index in [4.69, 9.17) is 16.9 Å². The zero-order chi connectivity index (χ0) is 12.3. The fourth-order valence-electron chi connectivity index (χ4n) is 1.26. The van der Waals surface area contributed by atoms with Crippen molar-refractivity contribution in [1.29, 1.82) is 5.26 Å². The van der Waals surface area contributed by atoms with Crippen LogP contribution in [0.5, 0.6) is 0 Å². The topological polar surface area (TPSA) is 73.6 Å². The van der Waals surface area contributed by atoms with E-state index in [0.29, 0.717) is 21.8 Å². The first-order valence-corrected chi connectivity index (χ1v) is 5.90. The highest BCUT2D eigenvalue weighted by molar-refractivity contribution is 7.19. The molecule has 7 heteroatoms. The number of nitrogens with one attached hydrogen (secondary N) is 2. The maximum Gasteiger partial charge on any atom is 0.182 e. The average molecular weight is 266 g/mol. The second-order valence-corrected chi connectivity index (χ2v) is 4.87. The van der Waals surface area contributed by atoms with E-state index in [1.807, 2.05) is 12.3 Å². The largest absolute Gasteiger partial charge is 0.332 e. The van der Waals surface area contributed by atoms with Gasteiger partial charge in [0.15, 0.2) is 6.19 Å². The summed E-state index contributed by atoms with van der Waals surface area (Å²) in [4.78, 5) is 8.28. The number of nitrogens with zero attached hydrogens (tertiary/aromatic N) is 3. The average Bonchev–Trinajstić information content (AvgIpc) is 2.63. The lowest BCUT2D eigenvalue weighted by Crippen LogP contribution is -2.00. The Hall–Kier alpha value is -1.84. The number of halogens is 1. The lowest BCUT2D eigenvalue weighted by molar-refractivity contribution is 1.06. The van der Waals surface area contributed by atoms with Gasteiger partial charge in [-0.15, -0.1) is 11.3 Å². The van der Waals surface area contributed by atoms with Crippen LogP contribution in [-0.2, 0) is 0 Å². The van der Waals surface area contributed by atoms with Crippen molar-refractivity contribution in [3.63, 3.8) is 0 Å². The van der Waals surface area contributed by atoms with Crippen molar-refractivity contribution < 1.29 is 0 Å². The monoisotopic (exact) mass is 265 g/mol. The molecular weight excluding hydrogens is 258 g/mol. The van der Waals surface area contributed by atoms with E-state index in [2.05, 4.69) is 20.6 Å². The van der Waals surface area contributed by atoms with Crippen molar-refractivity contribution in [3.8, 4) is 6.19 Å². The van der Waals surface area contributed by atoms with Crippen LogP contribution in [0, 0.1) is 18.4 Å². The zero-order valence-corrected chi connectivity index (χ0v) is 10.4. The van der Waals surface area contributed by atoms with Crippen LogP contribution in [0.3, 0.4) is 0 Å². The second kappa shape index (κ2) is 4.99. The Morgan fingerprint density at radius 1 is 1.35 bits per heavy atom. The molecule has 86 valence electrons. The lowest BCUT2D eigenvalue weighted by atomic mass is 10.5. The number of hydrogen-bond acceptors (Lipinski definition) is 6. The number of rotatable bonds is 3. The molecule has 2 aromatic heterocycles. The molecule has 2 rings (SSSR count). The molecule has 0 saturated carbocycles. The molecule has 0 unspecified atom stereocenters. The highest BCUT2D eigenvalue weighted by atomic mass is 35.5. The van der Waals surface area contributed by atoms with Crippen LogP contribution in [0.1, 0.15) is 5.82 Å². The molecule has 0 aromatic carbocycles. The predicted octanol–water partition coefficient (Wildman–Crippen LogP) is 3.14. The highest BCUT2D eigenvalue weighted by Gasteiger charge is 2.03. The standard InChI is InChI=1S/C10H8ClN5S/c1-6-14-8(13-5-12)4-9(15-6)16-10-3-2-7(11)17-10/h2-4H,1H3,(H2,13,14,15,16). The first-order valence-electron chi connectivity index (χ1n) is 4.70. The van der Waals surface area contributed by atoms with Gasteiger partial charge < -0.3 is 5.32 Å². The third kappa shape index (κ3) is 3.06. The van der Waals surface area contributed by atoms with Crippen LogP contribution in [0.2, 0.25) is 4.34 Å². The normalized spacial score (nSPS) is 9.71. The summed E-state index contributed by atoms with van der Waals surface area (Å²) in [6.45, 7) is 1.76. The molecule has 0 spiro atoms. The highest BCUT2D eigenvalue weighted by Crippen LogP contribution is 2.28. The van der Waals surface area contributed by atoms with Crippen LogP contribution in [-0.4, -0.2) is 9.97 Å². The minimum absolute atomic E-state index is 0.463. The molecule has 0 radical (unpaired) electrons. The van der Waals surface area contributed by atoms with Crippen molar-refractivity contribution in [2.24, 2.45) is 0 Å². The fraction of sp³-hybridized carbons (Fsp3) is 0.100. The number of aromatic nitrogens is 2. The van der Waals surface area contributed by atoms with Crippen LogP contribution in [0.15, 0.2) is 18.2 Å². The molecule has 0 aliphatic carbocycles. The molecule has 2 heterocycles. The van der Waals surface area contributed by atoms with E-state index in [-0.39, 0.29) is 0 Å². The van der Waals surface area contributed by atoms with Crippen molar-refractivity contribution in [2.75, 3.05) is 10.6 Å². The van der Waals surface area contributed by atoms with Gasteiger partial charge in [0.25, 0.3) is 0 Å². The Kier molecular flexibility index (Phi) is 3.42. The molecule has 2 aromatic rings. The van der Waals surface area contributed by atoms with Crippen LogP contribution >= 0.6 is 22.9 Å². The molecule has 0 fully saturated rings. The summed E-state index contributed by atoms with van der Waals surface area (Å²) in [5.74, 6) is 1.66. The van der Waals surface area contributed by atoms with Gasteiger partial charge in [-0.1, -0.05) is 11.6 Å². The van der Waals surface area contributed by atoms with Crippen molar-refractivity contribution in [1.82, 2.24) is 9.97 Å². The summed E-state index contributed by atoms with van der Waals surface area (Å²) < 4.78 is 0.702. The Bertz CT molecular complexity index is 574. The molecule has 0 amide bonds. The van der Waals surface area contributed by atoms with E-state index in [0.717, 1.165) is 5.00 Å². The molecule has 17 heavy (non-hydrogen) atoms. The predicted molar refractivity (Wildman–Crippen MR) is 68.6 cm³/mol. The van der Waals surface area contributed by atoms with Crippen molar-refractivity contribution in [2.45, 2.75) is 6.92 Å². The van der Waals surface area contributed by atoms with Crippen molar-refractivity contribution >= 4 is 39.6 Å². The fourth-order valence-corrected chi connectivity index (χ4v) is 2.21. The number of nitriles is 1. The first kappa shape index (κ1) is 11.6. The quantitative estimate of drug-likeness (QED) is 0.659. The van der Waals surface area contributed by atoms with E-state index in [1.165, 1.54) is 11.3 Å². The summed E-state index contributed by atoms with van der Waals surface area (Å²) in [6, 6.07) is 5.32. The first-order chi connectivity index (χ1) is 8.17. The molecule has 0 atom stereocenters. The summed E-state index contributed by atoms with van der Waals surface area (Å²) in [5, 5.41) is 15.0. The number of aryl methyl sites for hydroxylation is 1. The summed E-state index contributed by atoms with van der Waals surface area (Å²) in [7, 11) is 0. The molecule has 0 saturated heterocycles. The number of anilines is 3. The summed E-state index contributed by atoms with van der Waals surface area (Å²) in [5.41, 5.74) is 0. The zero-order valence-electron chi connectivity index (χ0n) is 8.86. The molecule has 5 nitrogen and oxygen atoms in total. The molecule has 0 aliphatic heterocycles. The third-order valence-electron chi connectivity index (χ3n) is 1.85. The Morgan fingerprint density at radius 3 is 2.76 bits per heavy atom. The summed E-state index contributed by atoms with van der Waals surface area (Å²) in [6.07, 6.45) is 1.82. The van der Waals surface area contributed by atoms with Gasteiger partial charge in [-0.05, 0) is 19.1 Å². The minimum atomic E-state index is 0.463. The van der Waals surface area contributed by atoms with E-state index in [9.17, 15) is 0 Å². The van der Waals surface area contributed by atoms with Crippen LogP contribution < -0.4 is 10.6 Å². The van der Waals surface area contributed by atoms with Gasteiger partial charge in [0, 0.05) is 6.07 Å². The SMILES string of the molecule is Cc1nc(NC#N)cc(Nc2ccc(Cl)s2)n1. The van der Waals surface area contributed by atoms with Gasteiger partial charge in [-0.25, -0.2) is 9.97 Å². The lowest BCUT2D eigenvalue weighted by Gasteiger charge is -2.05. The van der Waals surface area contributed by atoms with E-state index < -0.39 is 0 Å². The Morgan fingerprint density at radius 2 is 2.12 bits per heavy atom. The van der Waals surface area contributed by atoms with E-state index >= 15 is 0 Å². The number of hydrogen-bond donors (Lipinski definition) is 2. The molecule has 2 N–H and O–H groups in total. The minimum Gasteiger partial charge on any atom is -0.332 e. The number of thiophene rings is 1. The third-order valence-corrected chi connectivity index (χ3v) is 2.99. The Labute approximate surface area is 107 Å². The van der Waals surface area contributed by atoms with Crippen LogP contribution in [0.4, 0.5) is 16.6 Å². The Balaban J connectivity index is 2.24. The van der Waals surface area contributed by atoms with Gasteiger partial charge in [-0.2, -0.15) is 5.26 Å². The maximum absolute atomic E-state index is 8.54.